The molecule has 0 saturated carbocycles. The van der Waals surface area contributed by atoms with Crippen molar-refractivity contribution < 1.29 is 4.52 Å². The van der Waals surface area contributed by atoms with Crippen LogP contribution in [-0.2, 0) is 38.8 Å². The van der Waals surface area contributed by atoms with Gasteiger partial charge in [0.05, 0.1) is 12.2 Å². The van der Waals surface area contributed by atoms with Crippen molar-refractivity contribution in [1.29, 1.82) is 0 Å². The molecule has 3 aliphatic rings. The van der Waals surface area contributed by atoms with Gasteiger partial charge in [0.1, 0.15) is 11.5 Å². The van der Waals surface area contributed by atoms with Crippen LogP contribution in [0.4, 0.5) is 0 Å². The van der Waals surface area contributed by atoms with E-state index in [0.29, 0.717) is 6.54 Å². The maximum Gasteiger partial charge on any atom is 0.267 e. The second-order valence-corrected chi connectivity index (χ2v) is 8.74. The standard InChI is InChI=1S/C22H31N5O2/c28-22-15-17-5-1-3-7-19(17)23-27(22)14-13-25-9-11-26(12-10-25)16-20-18-6-2-4-8-21(18)29-24-20/h15H,1-14,16H2. The maximum atomic E-state index is 12.4. The van der Waals surface area contributed by atoms with E-state index in [2.05, 4.69) is 20.1 Å². The third-order valence-corrected chi connectivity index (χ3v) is 6.77. The molecule has 1 fully saturated rings. The third-order valence-electron chi connectivity index (χ3n) is 6.77. The van der Waals surface area contributed by atoms with E-state index in [9.17, 15) is 4.79 Å². The molecule has 0 atom stereocenters. The van der Waals surface area contributed by atoms with Crippen molar-refractivity contribution >= 4 is 0 Å². The van der Waals surface area contributed by atoms with Gasteiger partial charge in [0.2, 0.25) is 0 Å². The molecule has 0 aromatic carbocycles. The Morgan fingerprint density at radius 3 is 2.55 bits per heavy atom. The molecule has 0 radical (unpaired) electrons. The average Bonchev–Trinajstić information content (AvgIpc) is 3.16. The Labute approximate surface area is 171 Å². The Bertz CT molecular complexity index is 910. The first-order valence-electron chi connectivity index (χ1n) is 11.3. The van der Waals surface area contributed by atoms with Crippen molar-refractivity contribution in [3.8, 4) is 0 Å². The smallest absolute Gasteiger partial charge is 0.267 e. The summed E-state index contributed by atoms with van der Waals surface area (Å²) < 4.78 is 7.24. The first-order chi connectivity index (χ1) is 14.3. The Hall–Kier alpha value is -1.99. The molecule has 7 nitrogen and oxygen atoms in total. The summed E-state index contributed by atoms with van der Waals surface area (Å²) in [6, 6.07) is 1.82. The molecular formula is C22H31N5O2. The molecule has 29 heavy (non-hydrogen) atoms. The number of rotatable bonds is 5. The number of hydrogen-bond acceptors (Lipinski definition) is 6. The predicted molar refractivity (Wildman–Crippen MR) is 110 cm³/mol. The Kier molecular flexibility index (Phi) is 5.50. The lowest BCUT2D eigenvalue weighted by molar-refractivity contribution is 0.120. The van der Waals surface area contributed by atoms with Gasteiger partial charge in [-0.1, -0.05) is 5.16 Å². The van der Waals surface area contributed by atoms with Crippen LogP contribution in [0.1, 0.15) is 54.0 Å². The van der Waals surface area contributed by atoms with Gasteiger partial charge in [-0.3, -0.25) is 14.6 Å². The summed E-state index contributed by atoms with van der Waals surface area (Å²) in [6.45, 7) is 6.60. The van der Waals surface area contributed by atoms with Gasteiger partial charge in [-0.25, -0.2) is 4.68 Å². The van der Waals surface area contributed by atoms with Crippen molar-refractivity contribution in [2.24, 2.45) is 0 Å². The number of piperazine rings is 1. The number of aromatic nitrogens is 3. The van der Waals surface area contributed by atoms with Gasteiger partial charge in [-0.05, 0) is 50.5 Å². The molecule has 5 rings (SSSR count). The van der Waals surface area contributed by atoms with Crippen molar-refractivity contribution in [3.63, 3.8) is 0 Å². The molecule has 2 aromatic rings. The van der Waals surface area contributed by atoms with E-state index in [4.69, 9.17) is 4.52 Å². The van der Waals surface area contributed by atoms with Crippen LogP contribution < -0.4 is 5.56 Å². The zero-order chi connectivity index (χ0) is 19.6. The molecule has 0 unspecified atom stereocenters. The summed E-state index contributed by atoms with van der Waals surface area (Å²) in [4.78, 5) is 17.3. The largest absolute Gasteiger partial charge is 0.361 e. The van der Waals surface area contributed by atoms with Crippen LogP contribution in [0, 0.1) is 0 Å². The lowest BCUT2D eigenvalue weighted by atomic mass is 9.96. The van der Waals surface area contributed by atoms with Crippen LogP contribution >= 0.6 is 0 Å². The van der Waals surface area contributed by atoms with Crippen molar-refractivity contribution in [3.05, 3.63) is 44.7 Å². The normalized spacial score (nSPS) is 20.4. The van der Waals surface area contributed by atoms with Crippen LogP contribution in [0.25, 0.3) is 0 Å². The quantitative estimate of drug-likeness (QED) is 0.767. The Balaban J connectivity index is 1.13. The minimum atomic E-state index is 0.0556. The number of fused-ring (bicyclic) bond motifs is 2. The topological polar surface area (TPSA) is 67.4 Å². The molecule has 7 heteroatoms. The molecule has 2 aromatic heterocycles. The zero-order valence-corrected chi connectivity index (χ0v) is 17.2. The summed E-state index contributed by atoms with van der Waals surface area (Å²) in [5.74, 6) is 1.12. The summed E-state index contributed by atoms with van der Waals surface area (Å²) in [5, 5.41) is 9.01. The Morgan fingerprint density at radius 1 is 0.897 bits per heavy atom. The SMILES string of the molecule is O=c1cc2c(nn1CCN1CCN(Cc3noc4c3CCCC4)CC1)CCCC2. The molecule has 0 bridgehead atoms. The Morgan fingerprint density at radius 2 is 1.66 bits per heavy atom. The predicted octanol–water partition coefficient (Wildman–Crippen LogP) is 1.81. The summed E-state index contributed by atoms with van der Waals surface area (Å²) in [5.41, 5.74) is 4.88. The number of hydrogen-bond donors (Lipinski definition) is 0. The highest BCUT2D eigenvalue weighted by Gasteiger charge is 2.23. The van der Waals surface area contributed by atoms with E-state index in [-0.39, 0.29) is 5.56 Å². The van der Waals surface area contributed by atoms with Crippen molar-refractivity contribution in [2.75, 3.05) is 32.7 Å². The molecule has 2 aliphatic carbocycles. The highest BCUT2D eigenvalue weighted by atomic mass is 16.5. The molecule has 156 valence electrons. The van der Waals surface area contributed by atoms with Gasteiger partial charge in [-0.15, -0.1) is 0 Å². The molecule has 3 heterocycles. The van der Waals surface area contributed by atoms with Gasteiger partial charge >= 0.3 is 0 Å². The van der Waals surface area contributed by atoms with Gasteiger partial charge in [0, 0.05) is 57.3 Å². The summed E-state index contributed by atoms with van der Waals surface area (Å²) in [6.07, 6.45) is 9.04. The lowest BCUT2D eigenvalue weighted by Gasteiger charge is -2.34. The first kappa shape index (κ1) is 19.0. The van der Waals surface area contributed by atoms with E-state index in [0.717, 1.165) is 82.1 Å². The van der Waals surface area contributed by atoms with Gasteiger partial charge < -0.3 is 4.52 Å². The molecule has 0 N–H and O–H groups in total. The average molecular weight is 398 g/mol. The van der Waals surface area contributed by atoms with Crippen LogP contribution in [0.3, 0.4) is 0 Å². The first-order valence-corrected chi connectivity index (χ1v) is 11.3. The molecule has 1 aliphatic heterocycles. The van der Waals surface area contributed by atoms with Crippen LogP contribution in [0.2, 0.25) is 0 Å². The van der Waals surface area contributed by atoms with E-state index >= 15 is 0 Å². The van der Waals surface area contributed by atoms with E-state index in [1.54, 1.807) is 4.68 Å². The third kappa shape index (κ3) is 4.16. The number of nitrogens with zero attached hydrogens (tertiary/aromatic N) is 5. The van der Waals surface area contributed by atoms with E-state index < -0.39 is 0 Å². The van der Waals surface area contributed by atoms with Crippen LogP contribution in [0.5, 0.6) is 0 Å². The van der Waals surface area contributed by atoms with Gasteiger partial charge in [0.25, 0.3) is 5.56 Å². The number of aryl methyl sites for hydroxylation is 3. The van der Waals surface area contributed by atoms with E-state index in [1.165, 1.54) is 36.8 Å². The fraction of sp³-hybridized carbons (Fsp3) is 0.682. The second-order valence-electron chi connectivity index (χ2n) is 8.74. The minimum Gasteiger partial charge on any atom is -0.361 e. The molecule has 1 saturated heterocycles. The minimum absolute atomic E-state index is 0.0556. The molecule has 0 spiro atoms. The summed E-state index contributed by atoms with van der Waals surface area (Å²) in [7, 11) is 0. The maximum absolute atomic E-state index is 12.4. The van der Waals surface area contributed by atoms with Gasteiger partial charge in [-0.2, -0.15) is 5.10 Å². The second kappa shape index (κ2) is 8.40. The molecular weight excluding hydrogens is 366 g/mol. The summed E-state index contributed by atoms with van der Waals surface area (Å²) >= 11 is 0. The molecule has 0 amide bonds. The van der Waals surface area contributed by atoms with Crippen molar-refractivity contribution in [2.45, 2.75) is 64.5 Å². The highest BCUT2D eigenvalue weighted by molar-refractivity contribution is 5.25. The van der Waals surface area contributed by atoms with Gasteiger partial charge in [0.15, 0.2) is 0 Å². The zero-order valence-electron chi connectivity index (χ0n) is 17.2. The monoisotopic (exact) mass is 397 g/mol. The highest BCUT2D eigenvalue weighted by Crippen LogP contribution is 2.25. The van der Waals surface area contributed by atoms with Crippen LogP contribution in [-0.4, -0.2) is 57.5 Å². The fourth-order valence-corrected chi connectivity index (χ4v) is 4.95. The van der Waals surface area contributed by atoms with Crippen molar-refractivity contribution in [1.82, 2.24) is 24.7 Å². The fourth-order valence-electron chi connectivity index (χ4n) is 4.95. The lowest BCUT2D eigenvalue weighted by Crippen LogP contribution is -2.47. The van der Waals surface area contributed by atoms with Crippen LogP contribution in [0.15, 0.2) is 15.4 Å². The van der Waals surface area contributed by atoms with E-state index in [1.807, 2.05) is 6.07 Å².